The monoisotopic (exact) mass is 306 g/mol. The molecule has 116 valence electrons. The lowest BCUT2D eigenvalue weighted by molar-refractivity contribution is -0.735. The van der Waals surface area contributed by atoms with Gasteiger partial charge in [0.25, 0.3) is 0 Å². The molecule has 2 aliphatic heterocycles. The van der Waals surface area contributed by atoms with Gasteiger partial charge in [-0.25, -0.2) is 0 Å². The number of rotatable bonds is 2. The van der Waals surface area contributed by atoms with Gasteiger partial charge in [0, 0.05) is 6.07 Å². The Labute approximate surface area is 124 Å². The summed E-state index contributed by atoms with van der Waals surface area (Å²) in [7, 11) is 0. The number of aliphatic carboxylic acids is 1. The Bertz CT molecular complexity index is 703. The molecule has 2 amide bonds. The van der Waals surface area contributed by atoms with E-state index < -0.39 is 41.2 Å². The summed E-state index contributed by atoms with van der Waals surface area (Å²) in [6, 6.07) is 3.06. The summed E-state index contributed by atoms with van der Waals surface area (Å²) in [5, 5.41) is 34.3. The lowest BCUT2D eigenvalue weighted by atomic mass is 9.80. The molecule has 0 spiro atoms. The van der Waals surface area contributed by atoms with Crippen LogP contribution >= 0.6 is 0 Å². The Morgan fingerprint density at radius 2 is 2.00 bits per heavy atom. The first kappa shape index (κ1) is 14.3. The van der Waals surface area contributed by atoms with E-state index in [1.54, 1.807) is 0 Å². The largest absolute Gasteiger partial charge is 0.544 e. The lowest BCUT2D eigenvalue weighted by Crippen LogP contribution is -2.98. The van der Waals surface area contributed by atoms with Crippen LogP contribution in [-0.4, -0.2) is 33.5 Å². The standard InChI is InChI=1S/C14H14N2O6/c1-14(13(21)22)9-8(11(19)15-12(9)20)10(16-14)6-3-2-5(17)4-7(6)18/h2-4,8-10,16-18H,1H3,(H,21,22)(H,15,19,20)/t8-,9+,10-,14+/m0/s1. The van der Waals surface area contributed by atoms with Crippen molar-refractivity contribution >= 4 is 17.8 Å². The predicted molar refractivity (Wildman–Crippen MR) is 68.0 cm³/mol. The first-order chi connectivity index (χ1) is 10.3. The van der Waals surface area contributed by atoms with Gasteiger partial charge in [-0.2, -0.15) is 0 Å². The smallest absolute Gasteiger partial charge is 0.237 e. The number of aromatic hydroxyl groups is 2. The Kier molecular flexibility index (Phi) is 2.89. The van der Waals surface area contributed by atoms with Crippen LogP contribution in [0.25, 0.3) is 0 Å². The number of phenols is 2. The summed E-state index contributed by atoms with van der Waals surface area (Å²) >= 11 is 0. The van der Waals surface area contributed by atoms with E-state index in [0.717, 1.165) is 6.07 Å². The second-order valence-corrected chi connectivity index (χ2v) is 5.86. The van der Waals surface area contributed by atoms with Crippen LogP contribution < -0.4 is 15.7 Å². The number of fused-ring (bicyclic) bond motifs is 1. The number of phenolic OH excluding ortho intramolecular Hbond substituents is 2. The zero-order valence-corrected chi connectivity index (χ0v) is 11.6. The summed E-state index contributed by atoms with van der Waals surface area (Å²) in [6.07, 6.45) is 0. The summed E-state index contributed by atoms with van der Waals surface area (Å²) in [5.74, 6) is -5.12. The number of carbonyl (C=O) groups excluding carboxylic acids is 3. The van der Waals surface area contributed by atoms with Gasteiger partial charge in [0.15, 0.2) is 0 Å². The second kappa shape index (κ2) is 4.44. The highest BCUT2D eigenvalue weighted by atomic mass is 16.4. The number of nitrogens with one attached hydrogen (secondary N) is 1. The average molecular weight is 306 g/mol. The molecule has 5 N–H and O–H groups in total. The molecule has 4 atom stereocenters. The van der Waals surface area contributed by atoms with Crippen molar-refractivity contribution in [3.05, 3.63) is 23.8 Å². The summed E-state index contributed by atoms with van der Waals surface area (Å²) in [5.41, 5.74) is -1.33. The Morgan fingerprint density at radius 3 is 2.59 bits per heavy atom. The van der Waals surface area contributed by atoms with Crippen LogP contribution in [0.1, 0.15) is 18.5 Å². The molecule has 2 heterocycles. The summed E-state index contributed by atoms with van der Waals surface area (Å²) in [6.45, 7) is 1.33. The third-order valence-corrected chi connectivity index (χ3v) is 4.56. The van der Waals surface area contributed by atoms with E-state index in [9.17, 15) is 29.7 Å². The number of carbonyl (C=O) groups is 3. The lowest BCUT2D eigenvalue weighted by Gasteiger charge is -2.27. The van der Waals surface area contributed by atoms with E-state index in [4.69, 9.17) is 0 Å². The number of hydrogen-bond donors (Lipinski definition) is 4. The number of imide groups is 1. The van der Waals surface area contributed by atoms with Crippen LogP contribution in [0.15, 0.2) is 18.2 Å². The van der Waals surface area contributed by atoms with Crippen molar-refractivity contribution in [2.24, 2.45) is 11.8 Å². The van der Waals surface area contributed by atoms with Crippen LogP contribution in [0.5, 0.6) is 11.5 Å². The van der Waals surface area contributed by atoms with Gasteiger partial charge in [0.2, 0.25) is 11.8 Å². The highest BCUT2D eigenvalue weighted by molar-refractivity contribution is 6.08. The van der Waals surface area contributed by atoms with Gasteiger partial charge >= 0.3 is 0 Å². The predicted octanol–water partition coefficient (Wildman–Crippen LogP) is -2.89. The van der Waals surface area contributed by atoms with Gasteiger partial charge in [0.1, 0.15) is 40.9 Å². The number of hydrogen-bond acceptors (Lipinski definition) is 6. The van der Waals surface area contributed by atoms with E-state index in [-0.39, 0.29) is 17.1 Å². The maximum Gasteiger partial charge on any atom is 0.237 e. The highest BCUT2D eigenvalue weighted by Crippen LogP contribution is 2.43. The van der Waals surface area contributed by atoms with Gasteiger partial charge in [-0.3, -0.25) is 14.9 Å². The first-order valence-corrected chi connectivity index (χ1v) is 6.70. The van der Waals surface area contributed by atoms with E-state index in [1.807, 2.05) is 0 Å². The van der Waals surface area contributed by atoms with Gasteiger partial charge in [-0.05, 0) is 19.1 Å². The Balaban J connectivity index is 2.11. The molecular weight excluding hydrogens is 292 g/mol. The zero-order valence-electron chi connectivity index (χ0n) is 11.6. The molecule has 8 nitrogen and oxygen atoms in total. The number of quaternary nitrogens is 1. The number of carboxylic acids is 1. The van der Waals surface area contributed by atoms with Crippen molar-refractivity contribution in [3.8, 4) is 11.5 Å². The molecule has 2 aliphatic rings. The molecule has 1 aromatic carbocycles. The van der Waals surface area contributed by atoms with E-state index in [0.29, 0.717) is 0 Å². The molecule has 3 rings (SSSR count). The maximum atomic E-state index is 12.0. The molecule has 2 fully saturated rings. The van der Waals surface area contributed by atoms with Crippen molar-refractivity contribution < 1.29 is 35.0 Å². The summed E-state index contributed by atoms with van der Waals surface area (Å²) in [4.78, 5) is 35.5. The topological polar surface area (TPSA) is 143 Å². The molecule has 8 heteroatoms. The van der Waals surface area contributed by atoms with E-state index >= 15 is 0 Å². The average Bonchev–Trinajstić information content (AvgIpc) is 2.88. The van der Waals surface area contributed by atoms with E-state index in [2.05, 4.69) is 5.32 Å². The number of nitrogens with two attached hydrogens (primary N) is 1. The van der Waals surface area contributed by atoms with Crippen LogP contribution in [0.3, 0.4) is 0 Å². The van der Waals surface area contributed by atoms with Gasteiger partial charge in [-0.15, -0.1) is 0 Å². The third-order valence-electron chi connectivity index (χ3n) is 4.56. The number of carboxylic acid groups (broad SMARTS) is 1. The molecule has 1 aromatic rings. The maximum absolute atomic E-state index is 12.0. The minimum absolute atomic E-state index is 0.162. The minimum atomic E-state index is -1.62. The zero-order chi connectivity index (χ0) is 16.2. The van der Waals surface area contributed by atoms with Gasteiger partial charge in [0.05, 0.1) is 5.56 Å². The fourth-order valence-corrected chi connectivity index (χ4v) is 3.49. The van der Waals surface area contributed by atoms with Crippen molar-refractivity contribution in [2.45, 2.75) is 18.5 Å². The highest BCUT2D eigenvalue weighted by Gasteiger charge is 2.65. The van der Waals surface area contributed by atoms with Crippen LogP contribution in [0.4, 0.5) is 0 Å². The Morgan fingerprint density at radius 1 is 1.32 bits per heavy atom. The van der Waals surface area contributed by atoms with E-state index in [1.165, 1.54) is 24.4 Å². The van der Waals surface area contributed by atoms with Crippen LogP contribution in [-0.2, 0) is 14.4 Å². The molecule has 0 aliphatic carbocycles. The molecule has 0 unspecified atom stereocenters. The quantitative estimate of drug-likeness (QED) is 0.432. The molecule has 0 saturated carbocycles. The van der Waals surface area contributed by atoms with Gasteiger partial charge < -0.3 is 25.4 Å². The molecule has 22 heavy (non-hydrogen) atoms. The Hall–Kier alpha value is -2.61. The molecule has 0 aromatic heterocycles. The van der Waals surface area contributed by atoms with Gasteiger partial charge in [-0.1, -0.05) is 0 Å². The molecule has 0 bridgehead atoms. The van der Waals surface area contributed by atoms with Crippen molar-refractivity contribution in [2.75, 3.05) is 0 Å². The SMILES string of the molecule is C[C@@]1(C(=O)[O-])[NH2+][C@@H](c2ccc(O)cc2O)[C@H]2C(=O)NC(=O)[C@@H]21. The number of amides is 2. The van der Waals surface area contributed by atoms with Crippen LogP contribution in [0.2, 0.25) is 0 Å². The van der Waals surface area contributed by atoms with Crippen molar-refractivity contribution in [1.82, 2.24) is 5.32 Å². The molecular formula is C14H14N2O6. The minimum Gasteiger partial charge on any atom is -0.544 e. The summed E-state index contributed by atoms with van der Waals surface area (Å²) < 4.78 is 0. The van der Waals surface area contributed by atoms with Crippen molar-refractivity contribution in [3.63, 3.8) is 0 Å². The fourth-order valence-electron chi connectivity index (χ4n) is 3.49. The second-order valence-electron chi connectivity index (χ2n) is 5.86. The van der Waals surface area contributed by atoms with Crippen LogP contribution in [0, 0.1) is 11.8 Å². The first-order valence-electron chi connectivity index (χ1n) is 6.70. The fraction of sp³-hybridized carbons (Fsp3) is 0.357. The molecule has 2 saturated heterocycles. The number of benzene rings is 1. The third kappa shape index (κ3) is 1.77. The van der Waals surface area contributed by atoms with Crippen molar-refractivity contribution in [1.29, 1.82) is 0 Å². The molecule has 0 radical (unpaired) electrons. The normalized spacial score (nSPS) is 33.6.